The van der Waals surface area contributed by atoms with Crippen LogP contribution in [-0.4, -0.2) is 6.01 Å². The van der Waals surface area contributed by atoms with Crippen LogP contribution in [0.5, 0.6) is 0 Å². The average Bonchev–Trinajstić information content (AvgIpc) is 2.37. The van der Waals surface area contributed by atoms with Crippen LogP contribution < -0.4 is 0 Å². The Kier molecular flexibility index (Phi) is 5.11. The summed E-state index contributed by atoms with van der Waals surface area (Å²) in [4.78, 5) is 4.02. The Labute approximate surface area is 104 Å². The van der Waals surface area contributed by atoms with Gasteiger partial charge in [-0.3, -0.25) is 0 Å². The summed E-state index contributed by atoms with van der Waals surface area (Å²) in [6.07, 6.45) is 2.23. The second-order valence-electron chi connectivity index (χ2n) is 4.66. The van der Waals surface area contributed by atoms with Gasteiger partial charge in [-0.2, -0.15) is 4.99 Å². The summed E-state index contributed by atoms with van der Waals surface area (Å²) < 4.78 is 0. The maximum atomic E-state index is 6.99. The highest BCUT2D eigenvalue weighted by atomic mass is 14.7. The number of aliphatic imine (C=N–C) groups is 1. The van der Waals surface area contributed by atoms with Crippen molar-refractivity contribution in [2.24, 2.45) is 4.99 Å². The predicted molar refractivity (Wildman–Crippen MR) is 73.7 cm³/mol. The normalized spacial score (nSPS) is 13.9. The van der Waals surface area contributed by atoms with Crippen LogP contribution >= 0.6 is 0 Å². The summed E-state index contributed by atoms with van der Waals surface area (Å²) in [7, 11) is 0. The van der Waals surface area contributed by atoms with E-state index in [1.807, 2.05) is 6.07 Å². The molecule has 0 aliphatic carbocycles. The quantitative estimate of drug-likeness (QED) is 0.683. The summed E-state index contributed by atoms with van der Waals surface area (Å²) in [5.74, 6) is 1.06. The lowest BCUT2D eigenvalue weighted by atomic mass is 9.90. The van der Waals surface area contributed by atoms with E-state index in [1.165, 1.54) is 11.1 Å². The van der Waals surface area contributed by atoms with E-state index in [0.29, 0.717) is 11.8 Å². The molecule has 2 nitrogen and oxygen atoms in total. The maximum Gasteiger partial charge on any atom is 0.0918 e. The third-order valence-electron chi connectivity index (χ3n) is 3.55. The van der Waals surface area contributed by atoms with Crippen molar-refractivity contribution >= 4 is 11.7 Å². The minimum Gasteiger partial charge on any atom is -0.241 e. The second-order valence-corrected chi connectivity index (χ2v) is 4.66. The predicted octanol–water partition coefficient (Wildman–Crippen LogP) is 5.10. The number of nitrogens with one attached hydrogen (secondary N) is 1. The highest BCUT2D eigenvalue weighted by Gasteiger charge is 2.12. The van der Waals surface area contributed by atoms with Gasteiger partial charge >= 0.3 is 0 Å². The fourth-order valence-electron chi connectivity index (χ4n) is 1.89. The van der Waals surface area contributed by atoms with E-state index < -0.39 is 0 Å². The number of rotatable bonds is 5. The molecule has 1 aromatic rings. The van der Waals surface area contributed by atoms with Crippen molar-refractivity contribution in [3.8, 4) is 0 Å². The van der Waals surface area contributed by atoms with E-state index in [0.717, 1.165) is 18.5 Å². The zero-order valence-electron chi connectivity index (χ0n) is 11.2. The van der Waals surface area contributed by atoms with Crippen molar-refractivity contribution in [2.45, 2.75) is 52.4 Å². The van der Waals surface area contributed by atoms with E-state index in [1.54, 1.807) is 0 Å². The molecule has 0 aliphatic rings. The number of benzene rings is 1. The van der Waals surface area contributed by atoms with Crippen LogP contribution in [0.25, 0.3) is 0 Å². The van der Waals surface area contributed by atoms with Crippen molar-refractivity contribution in [3.63, 3.8) is 0 Å². The van der Waals surface area contributed by atoms with Crippen molar-refractivity contribution < 1.29 is 0 Å². The molecule has 17 heavy (non-hydrogen) atoms. The molecule has 0 radical (unpaired) electrons. The highest BCUT2D eigenvalue weighted by Crippen LogP contribution is 2.32. The molecule has 0 spiro atoms. The van der Waals surface area contributed by atoms with Crippen molar-refractivity contribution in [1.29, 1.82) is 5.41 Å². The Morgan fingerprint density at radius 2 is 1.82 bits per heavy atom. The molecule has 1 rings (SSSR count). The Morgan fingerprint density at radius 1 is 1.18 bits per heavy atom. The molecule has 0 saturated carbocycles. The van der Waals surface area contributed by atoms with Crippen LogP contribution in [0.4, 0.5) is 5.69 Å². The molecule has 0 saturated heterocycles. The second kappa shape index (κ2) is 6.36. The molecule has 1 N–H and O–H groups in total. The standard InChI is InChI=1S/C15H22N2/c1-5-11(3)13-7-8-15(17-10-16)14(9-13)12(4)6-2/h7-9,11-12,16H,5-6H2,1-4H3. The van der Waals surface area contributed by atoms with Crippen LogP contribution in [0.3, 0.4) is 0 Å². The van der Waals surface area contributed by atoms with Crippen molar-refractivity contribution in [3.05, 3.63) is 29.3 Å². The summed E-state index contributed by atoms with van der Waals surface area (Å²) in [5.41, 5.74) is 3.50. The molecule has 0 amide bonds. The molecule has 0 aliphatic heterocycles. The Hall–Kier alpha value is -1.40. The van der Waals surface area contributed by atoms with Gasteiger partial charge in [-0.15, -0.1) is 0 Å². The van der Waals surface area contributed by atoms with E-state index in [2.05, 4.69) is 50.8 Å². The summed E-state index contributed by atoms with van der Waals surface area (Å²) in [6.45, 7) is 8.84. The lowest BCUT2D eigenvalue weighted by Crippen LogP contribution is -1.97. The monoisotopic (exact) mass is 230 g/mol. The van der Waals surface area contributed by atoms with Gasteiger partial charge in [-0.05, 0) is 41.9 Å². The SMILES string of the molecule is CCC(C)c1ccc(N=C=N)c(C(C)CC)c1. The Balaban J connectivity index is 3.23. The molecular formula is C15H22N2. The first kappa shape index (κ1) is 13.7. The van der Waals surface area contributed by atoms with Crippen LogP contribution in [0, 0.1) is 5.41 Å². The number of hydrogen-bond donors (Lipinski definition) is 1. The fourth-order valence-corrected chi connectivity index (χ4v) is 1.89. The molecule has 2 heteroatoms. The first-order valence-electron chi connectivity index (χ1n) is 6.40. The molecule has 2 atom stereocenters. The Morgan fingerprint density at radius 3 is 2.35 bits per heavy atom. The van der Waals surface area contributed by atoms with Crippen molar-refractivity contribution in [1.82, 2.24) is 0 Å². The molecule has 2 unspecified atom stereocenters. The third kappa shape index (κ3) is 3.28. The smallest absolute Gasteiger partial charge is 0.0918 e. The van der Waals surface area contributed by atoms with Crippen molar-refractivity contribution in [2.75, 3.05) is 0 Å². The topological polar surface area (TPSA) is 36.2 Å². The summed E-state index contributed by atoms with van der Waals surface area (Å²) in [6, 6.07) is 8.53. The maximum absolute atomic E-state index is 6.99. The molecule has 0 fully saturated rings. The van der Waals surface area contributed by atoms with Gasteiger partial charge in [0.05, 0.1) is 11.7 Å². The summed E-state index contributed by atoms with van der Waals surface area (Å²) >= 11 is 0. The minimum atomic E-state index is 0.478. The largest absolute Gasteiger partial charge is 0.241 e. The lowest BCUT2D eigenvalue weighted by molar-refractivity contribution is 0.712. The van der Waals surface area contributed by atoms with E-state index in [9.17, 15) is 0 Å². The van der Waals surface area contributed by atoms with Crippen LogP contribution in [0.1, 0.15) is 63.5 Å². The zero-order chi connectivity index (χ0) is 12.8. The van der Waals surface area contributed by atoms with Gasteiger partial charge in [0.15, 0.2) is 0 Å². The fraction of sp³-hybridized carbons (Fsp3) is 0.533. The highest BCUT2D eigenvalue weighted by molar-refractivity contribution is 5.56. The minimum absolute atomic E-state index is 0.478. The molecule has 0 heterocycles. The van der Waals surface area contributed by atoms with Gasteiger partial charge in [0, 0.05) is 0 Å². The van der Waals surface area contributed by atoms with Crippen LogP contribution in [0.2, 0.25) is 0 Å². The summed E-state index contributed by atoms with van der Waals surface area (Å²) in [5, 5.41) is 6.99. The molecule has 0 bridgehead atoms. The first-order chi connectivity index (χ1) is 8.13. The zero-order valence-corrected chi connectivity index (χ0v) is 11.2. The van der Waals surface area contributed by atoms with Gasteiger partial charge in [0.25, 0.3) is 0 Å². The van der Waals surface area contributed by atoms with Gasteiger partial charge in [0.1, 0.15) is 0 Å². The van der Waals surface area contributed by atoms with Gasteiger partial charge < -0.3 is 0 Å². The third-order valence-corrected chi connectivity index (χ3v) is 3.55. The average molecular weight is 230 g/mol. The van der Waals surface area contributed by atoms with E-state index >= 15 is 0 Å². The lowest BCUT2D eigenvalue weighted by Gasteiger charge is -2.16. The van der Waals surface area contributed by atoms with E-state index in [4.69, 9.17) is 5.41 Å². The number of nitrogens with zero attached hydrogens (tertiary/aromatic N) is 1. The molecular weight excluding hydrogens is 208 g/mol. The molecule has 92 valence electrons. The Bertz CT molecular complexity index is 417. The number of hydrogen-bond acceptors (Lipinski definition) is 2. The van der Waals surface area contributed by atoms with E-state index in [-0.39, 0.29) is 0 Å². The van der Waals surface area contributed by atoms with Crippen LogP contribution in [-0.2, 0) is 0 Å². The first-order valence-corrected chi connectivity index (χ1v) is 6.40. The van der Waals surface area contributed by atoms with Crippen LogP contribution in [0.15, 0.2) is 23.2 Å². The molecule has 1 aromatic carbocycles. The van der Waals surface area contributed by atoms with Gasteiger partial charge in [-0.25, -0.2) is 5.41 Å². The van der Waals surface area contributed by atoms with Gasteiger partial charge in [-0.1, -0.05) is 39.8 Å². The van der Waals surface area contributed by atoms with Gasteiger partial charge in [0.2, 0.25) is 0 Å². The molecule has 0 aromatic heterocycles.